The quantitative estimate of drug-likeness (QED) is 0.618. The number of halogens is 1. The topological polar surface area (TPSA) is 68.6 Å². The first-order chi connectivity index (χ1) is 13.8. The molecule has 0 bridgehead atoms. The van der Waals surface area contributed by atoms with Crippen molar-refractivity contribution in [3.63, 3.8) is 0 Å². The van der Waals surface area contributed by atoms with Crippen LogP contribution in [-0.2, 0) is 21.1 Å². The maximum Gasteiger partial charge on any atom is 0.270 e. The number of carbonyl (C=O) groups excluding carboxylic acids is 1. The fourth-order valence-corrected chi connectivity index (χ4v) is 5.91. The van der Waals surface area contributed by atoms with Crippen LogP contribution in [0.5, 0.6) is 0 Å². The highest BCUT2D eigenvalue weighted by molar-refractivity contribution is 7.91. The summed E-state index contributed by atoms with van der Waals surface area (Å²) in [5.74, 6) is -0.395. The minimum atomic E-state index is -3.46. The number of rotatable bonds is 5. The van der Waals surface area contributed by atoms with E-state index in [4.69, 9.17) is 16.3 Å². The van der Waals surface area contributed by atoms with Gasteiger partial charge in [0.05, 0.1) is 23.3 Å². The molecule has 0 spiro atoms. The van der Waals surface area contributed by atoms with Gasteiger partial charge < -0.3 is 14.2 Å². The van der Waals surface area contributed by atoms with Crippen molar-refractivity contribution in [3.05, 3.63) is 64.8 Å². The monoisotopic (exact) mass is 432 g/mol. The summed E-state index contributed by atoms with van der Waals surface area (Å²) in [5, 5.41) is 1.39. The van der Waals surface area contributed by atoms with Crippen LogP contribution in [0.1, 0.15) is 22.1 Å². The van der Waals surface area contributed by atoms with E-state index in [2.05, 4.69) is 0 Å². The van der Waals surface area contributed by atoms with Gasteiger partial charge in [-0.25, -0.2) is 8.42 Å². The number of carbonyl (C=O) groups is 1. The Morgan fingerprint density at radius 2 is 2.00 bits per heavy atom. The van der Waals surface area contributed by atoms with E-state index in [1.807, 2.05) is 34.9 Å². The zero-order chi connectivity index (χ0) is 20.8. The van der Waals surface area contributed by atoms with E-state index in [-0.39, 0.29) is 16.6 Å². The molecule has 0 N–H and O–H groups in total. The summed E-state index contributed by atoms with van der Waals surface area (Å²) >= 11 is 6.10. The van der Waals surface area contributed by atoms with Gasteiger partial charge in [-0.05, 0) is 35.9 Å². The molecule has 1 amide bonds. The summed E-state index contributed by atoms with van der Waals surface area (Å²) in [6.45, 7) is 0.975. The van der Waals surface area contributed by atoms with Gasteiger partial charge in [-0.1, -0.05) is 29.8 Å². The van der Waals surface area contributed by atoms with E-state index in [1.165, 1.54) is 11.0 Å². The van der Waals surface area contributed by atoms with Gasteiger partial charge in [-0.3, -0.25) is 4.79 Å². The lowest BCUT2D eigenvalue weighted by Gasteiger charge is -2.25. The number of sulfone groups is 1. The number of hydrogen-bond donors (Lipinski definition) is 0. The van der Waals surface area contributed by atoms with Crippen molar-refractivity contribution in [1.29, 1.82) is 0 Å². The number of amides is 1. The van der Waals surface area contributed by atoms with Gasteiger partial charge in [0.25, 0.3) is 5.91 Å². The average molecular weight is 433 g/mol. The highest BCUT2D eigenvalue weighted by Gasteiger charge is 2.39. The third-order valence-electron chi connectivity index (χ3n) is 5.38. The molecule has 0 fully saturated rings. The lowest BCUT2D eigenvalue weighted by Crippen LogP contribution is -2.33. The van der Waals surface area contributed by atoms with Crippen LogP contribution in [0.3, 0.4) is 0 Å². The Bertz CT molecular complexity index is 1200. The molecule has 0 radical (unpaired) electrons. The third kappa shape index (κ3) is 3.43. The van der Waals surface area contributed by atoms with Gasteiger partial charge in [0.15, 0.2) is 9.84 Å². The average Bonchev–Trinajstić information content (AvgIpc) is 3.19. The van der Waals surface area contributed by atoms with Gasteiger partial charge >= 0.3 is 0 Å². The van der Waals surface area contributed by atoms with Crippen LogP contribution in [0.25, 0.3) is 10.9 Å². The molecule has 0 saturated carbocycles. The van der Waals surface area contributed by atoms with Crippen LogP contribution >= 0.6 is 11.6 Å². The maximum atomic E-state index is 13.4. The summed E-state index contributed by atoms with van der Waals surface area (Å²) in [4.78, 5) is 15.2. The number of aromatic nitrogens is 1. The summed E-state index contributed by atoms with van der Waals surface area (Å²) in [5.41, 5.74) is 2.00. The number of hydrogen-bond acceptors (Lipinski definition) is 4. The van der Waals surface area contributed by atoms with Gasteiger partial charge in [-0.2, -0.15) is 0 Å². The van der Waals surface area contributed by atoms with E-state index in [1.54, 1.807) is 26.3 Å². The number of para-hydroxylation sites is 1. The number of fused-ring (bicyclic) bond motifs is 2. The second-order valence-electron chi connectivity index (χ2n) is 7.13. The van der Waals surface area contributed by atoms with E-state index in [0.29, 0.717) is 29.4 Å². The number of ether oxygens (including phenoxy) is 1. The molecule has 0 aliphatic carbocycles. The summed E-state index contributed by atoms with van der Waals surface area (Å²) in [7, 11) is -0.210. The smallest absolute Gasteiger partial charge is 0.270 e. The second-order valence-corrected chi connectivity index (χ2v) is 9.57. The summed E-state index contributed by atoms with van der Waals surface area (Å²) < 4.78 is 32.3. The van der Waals surface area contributed by atoms with Crippen molar-refractivity contribution in [3.8, 4) is 0 Å². The maximum absolute atomic E-state index is 13.4. The van der Waals surface area contributed by atoms with Gasteiger partial charge in [-0.15, -0.1) is 0 Å². The molecular weight excluding hydrogens is 412 g/mol. The predicted molar refractivity (Wildman–Crippen MR) is 112 cm³/mol. The van der Waals surface area contributed by atoms with Crippen molar-refractivity contribution in [2.75, 3.05) is 26.5 Å². The van der Waals surface area contributed by atoms with E-state index in [0.717, 1.165) is 10.9 Å². The normalized spacial score (nSPS) is 17.4. The molecule has 4 rings (SSSR count). The zero-order valence-electron chi connectivity index (χ0n) is 16.1. The first-order valence-corrected chi connectivity index (χ1v) is 11.2. The largest absolute Gasteiger partial charge is 0.383 e. The molecule has 1 atom stereocenters. The predicted octanol–water partition coefficient (Wildman–Crippen LogP) is 3.54. The molecule has 3 aromatic rings. The minimum absolute atomic E-state index is 0.150. The van der Waals surface area contributed by atoms with E-state index < -0.39 is 15.9 Å². The molecule has 2 heterocycles. The van der Waals surface area contributed by atoms with Crippen molar-refractivity contribution in [2.45, 2.75) is 17.5 Å². The fourth-order valence-electron chi connectivity index (χ4n) is 3.90. The number of benzene rings is 2. The van der Waals surface area contributed by atoms with Crippen molar-refractivity contribution in [1.82, 2.24) is 9.47 Å². The van der Waals surface area contributed by atoms with Crippen LogP contribution in [0, 0.1) is 0 Å². The van der Waals surface area contributed by atoms with Crippen LogP contribution in [0.15, 0.2) is 53.4 Å². The molecule has 2 aromatic carbocycles. The molecular formula is C21H21ClN2O4S. The highest BCUT2D eigenvalue weighted by atomic mass is 35.5. The summed E-state index contributed by atoms with van der Waals surface area (Å²) in [6.07, 6.45) is 0. The summed E-state index contributed by atoms with van der Waals surface area (Å²) in [6, 6.07) is 13.7. The zero-order valence-corrected chi connectivity index (χ0v) is 17.7. The van der Waals surface area contributed by atoms with Crippen molar-refractivity contribution < 1.29 is 17.9 Å². The minimum Gasteiger partial charge on any atom is -0.383 e. The Balaban J connectivity index is 1.75. The van der Waals surface area contributed by atoms with Crippen LogP contribution in [0.2, 0.25) is 5.02 Å². The highest BCUT2D eigenvalue weighted by Crippen LogP contribution is 2.38. The second kappa shape index (κ2) is 7.48. The van der Waals surface area contributed by atoms with Crippen LogP contribution in [-0.4, -0.2) is 50.3 Å². The molecule has 152 valence electrons. The molecule has 1 unspecified atom stereocenters. The van der Waals surface area contributed by atoms with Crippen LogP contribution < -0.4 is 0 Å². The Morgan fingerprint density at radius 1 is 1.24 bits per heavy atom. The Morgan fingerprint density at radius 3 is 2.76 bits per heavy atom. The molecule has 0 saturated heterocycles. The molecule has 1 aliphatic heterocycles. The molecule has 1 aromatic heterocycles. The Hall–Kier alpha value is -2.35. The number of methoxy groups -OCH3 is 1. The van der Waals surface area contributed by atoms with Crippen LogP contribution in [0.4, 0.5) is 0 Å². The fraction of sp³-hybridized carbons (Fsp3) is 0.286. The van der Waals surface area contributed by atoms with E-state index >= 15 is 0 Å². The molecule has 6 nitrogen and oxygen atoms in total. The Kier molecular flexibility index (Phi) is 5.14. The molecule has 8 heteroatoms. The lowest BCUT2D eigenvalue weighted by molar-refractivity contribution is 0.0733. The first kappa shape index (κ1) is 19.9. The van der Waals surface area contributed by atoms with Crippen molar-refractivity contribution >= 4 is 38.2 Å². The first-order valence-electron chi connectivity index (χ1n) is 9.20. The van der Waals surface area contributed by atoms with E-state index in [9.17, 15) is 13.2 Å². The number of nitrogens with zero attached hydrogens (tertiary/aromatic N) is 2. The standard InChI is InChI=1S/C21H21ClN2O4S/c1-23(19-13-29(26,27)20-8-7-15(22)12-16(19)20)21(25)18-11-14-5-3-4-6-17(14)24(18)9-10-28-2/h3-8,11-12,19H,9-10,13H2,1-2H3. The Labute approximate surface area is 174 Å². The lowest BCUT2D eigenvalue weighted by atomic mass is 10.1. The SMILES string of the molecule is COCCn1c(C(=O)N(C)C2CS(=O)(=O)c3ccc(Cl)cc32)cc2ccccc21. The molecule has 29 heavy (non-hydrogen) atoms. The molecule has 1 aliphatic rings. The van der Waals surface area contributed by atoms with Gasteiger partial charge in [0.2, 0.25) is 0 Å². The van der Waals surface area contributed by atoms with Crippen molar-refractivity contribution in [2.24, 2.45) is 0 Å². The third-order valence-corrected chi connectivity index (χ3v) is 7.41. The van der Waals surface area contributed by atoms with Gasteiger partial charge in [0.1, 0.15) is 5.69 Å². The van der Waals surface area contributed by atoms with Gasteiger partial charge in [0, 0.05) is 36.6 Å².